The lowest BCUT2D eigenvalue weighted by atomic mass is 9.45. The first-order chi connectivity index (χ1) is 18.8. The van der Waals surface area contributed by atoms with Crippen molar-refractivity contribution in [2.75, 3.05) is 13.1 Å². The van der Waals surface area contributed by atoms with Gasteiger partial charge in [-0.3, -0.25) is 4.90 Å². The largest absolute Gasteiger partial charge is 0.431 e. The van der Waals surface area contributed by atoms with E-state index in [9.17, 15) is 9.90 Å². The number of aliphatic hydroxyl groups is 1. The predicted octanol–water partition coefficient (Wildman–Crippen LogP) is 6.79. The Labute approximate surface area is 233 Å². The molecule has 5 aliphatic rings. The van der Waals surface area contributed by atoms with Gasteiger partial charge in [0.1, 0.15) is 0 Å². The Hall–Kier alpha value is -1.92. The van der Waals surface area contributed by atoms with Crippen LogP contribution in [0.1, 0.15) is 116 Å². The summed E-state index contributed by atoms with van der Waals surface area (Å²) in [5.41, 5.74) is 2.64. The van der Waals surface area contributed by atoms with Crippen molar-refractivity contribution < 1.29 is 14.4 Å². The highest BCUT2D eigenvalue weighted by molar-refractivity contribution is 5.96. The van der Waals surface area contributed by atoms with Gasteiger partial charge in [0.15, 0.2) is 6.23 Å². The third-order valence-electron chi connectivity index (χ3n) is 11.9. The molecule has 3 saturated carbocycles. The van der Waals surface area contributed by atoms with Gasteiger partial charge >= 0.3 is 5.63 Å². The van der Waals surface area contributed by atoms with E-state index in [0.717, 1.165) is 88.6 Å². The van der Waals surface area contributed by atoms with Gasteiger partial charge in [-0.25, -0.2) is 4.79 Å². The van der Waals surface area contributed by atoms with Crippen molar-refractivity contribution in [1.82, 2.24) is 4.90 Å². The number of allylic oxidation sites excluding steroid dienone is 2. The number of hydrogen-bond acceptors (Lipinski definition) is 6. The summed E-state index contributed by atoms with van der Waals surface area (Å²) in [5, 5.41) is 17.2. The fraction of sp³-hybridized carbons (Fsp3) is 0.758. The van der Waals surface area contributed by atoms with Gasteiger partial charge < -0.3 is 14.4 Å². The van der Waals surface area contributed by atoms with Crippen molar-refractivity contribution in [3.63, 3.8) is 0 Å². The molecule has 1 aromatic rings. The zero-order valence-corrected chi connectivity index (χ0v) is 24.3. The van der Waals surface area contributed by atoms with Crippen LogP contribution >= 0.6 is 0 Å². The maximum Gasteiger partial charge on any atom is 0.335 e. The molecule has 1 aliphatic heterocycles. The van der Waals surface area contributed by atoms with E-state index < -0.39 is 5.60 Å². The van der Waals surface area contributed by atoms with Crippen molar-refractivity contribution in [2.24, 2.45) is 27.8 Å². The smallest absolute Gasteiger partial charge is 0.335 e. The molecule has 6 heteroatoms. The second-order valence-corrected chi connectivity index (χ2v) is 13.7. The fourth-order valence-electron chi connectivity index (χ4n) is 9.60. The molecule has 4 aliphatic carbocycles. The number of nitrogens with zero attached hydrogens (tertiary/aromatic N) is 2. The molecule has 1 N–H and O–H groups in total. The molecule has 214 valence electrons. The molecule has 0 bridgehead atoms. The Bertz CT molecular complexity index is 1150. The van der Waals surface area contributed by atoms with Crippen LogP contribution in [0, 0.1) is 22.7 Å². The highest BCUT2D eigenvalue weighted by Gasteiger charge is 2.66. The van der Waals surface area contributed by atoms with E-state index in [2.05, 4.69) is 31.7 Å². The van der Waals surface area contributed by atoms with Crippen molar-refractivity contribution in [1.29, 1.82) is 0 Å². The summed E-state index contributed by atoms with van der Waals surface area (Å²) in [6, 6.07) is 3.45. The van der Waals surface area contributed by atoms with E-state index in [0.29, 0.717) is 11.8 Å². The zero-order valence-electron chi connectivity index (χ0n) is 24.3. The topological polar surface area (TPSA) is 75.3 Å². The highest BCUT2D eigenvalue weighted by Crippen LogP contribution is 2.70. The molecule has 2 heterocycles. The van der Waals surface area contributed by atoms with Crippen molar-refractivity contribution in [3.05, 3.63) is 46.0 Å². The Morgan fingerprint density at radius 2 is 1.90 bits per heavy atom. The Balaban J connectivity index is 1.20. The summed E-state index contributed by atoms with van der Waals surface area (Å²) < 4.78 is 5.25. The maximum atomic E-state index is 12.5. The molecule has 6 nitrogen and oxygen atoms in total. The molecule has 4 fully saturated rings. The lowest BCUT2D eigenvalue weighted by molar-refractivity contribution is -0.176. The van der Waals surface area contributed by atoms with Crippen LogP contribution in [0.5, 0.6) is 0 Å². The molecule has 1 saturated heterocycles. The van der Waals surface area contributed by atoms with Gasteiger partial charge in [-0.05, 0) is 105 Å². The number of hydrogen-bond donors (Lipinski definition) is 1. The molecular weight excluding hydrogens is 488 g/mol. The number of likely N-dealkylation sites (tertiary alicyclic amines) is 1. The zero-order chi connectivity index (χ0) is 27.3. The first-order valence-electron chi connectivity index (χ1n) is 15.8. The number of fused-ring (bicyclic) bond motifs is 5. The standard InChI is InChI=1S/C33H48N2O4/c1-4-8-29(35-19-6-5-7-20-35)39-34-25-13-16-31(2)24(21-25)10-11-28-27(31)14-17-32(3)26(15-18-33(28,32)37)23-9-12-30(36)38-22-23/h9,12,21-22,26-29,37H,4-8,10-11,13-20H2,1-3H3/b34-25+/t26-,27+,28-,29?,31+,32-,33+/m1/s1. The van der Waals surface area contributed by atoms with Gasteiger partial charge in [0.25, 0.3) is 0 Å². The lowest BCUT2D eigenvalue weighted by Crippen LogP contribution is -2.60. The molecule has 39 heavy (non-hydrogen) atoms. The minimum absolute atomic E-state index is 0.100. The molecule has 1 aromatic heterocycles. The van der Waals surface area contributed by atoms with Gasteiger partial charge in [-0.15, -0.1) is 0 Å². The minimum atomic E-state index is -0.676. The van der Waals surface area contributed by atoms with Crippen LogP contribution in [0.4, 0.5) is 0 Å². The third kappa shape index (κ3) is 4.54. The van der Waals surface area contributed by atoms with E-state index in [1.807, 2.05) is 6.07 Å². The first-order valence-corrected chi connectivity index (χ1v) is 15.8. The van der Waals surface area contributed by atoms with Crippen LogP contribution in [0.2, 0.25) is 0 Å². The second-order valence-electron chi connectivity index (χ2n) is 13.7. The highest BCUT2D eigenvalue weighted by atomic mass is 16.6. The van der Waals surface area contributed by atoms with Crippen molar-refractivity contribution >= 4 is 5.71 Å². The molecule has 0 aromatic carbocycles. The Morgan fingerprint density at radius 1 is 1.08 bits per heavy atom. The van der Waals surface area contributed by atoms with Gasteiger partial charge in [0.05, 0.1) is 17.6 Å². The van der Waals surface area contributed by atoms with Gasteiger partial charge in [-0.2, -0.15) is 0 Å². The monoisotopic (exact) mass is 536 g/mol. The molecule has 7 atom stereocenters. The van der Waals surface area contributed by atoms with Crippen LogP contribution in [0.3, 0.4) is 0 Å². The predicted molar refractivity (Wildman–Crippen MR) is 154 cm³/mol. The number of piperidine rings is 1. The normalized spacial score (nSPS) is 40.4. The molecule has 6 rings (SSSR count). The van der Waals surface area contributed by atoms with E-state index in [4.69, 9.17) is 14.4 Å². The molecule has 0 spiro atoms. The van der Waals surface area contributed by atoms with Crippen molar-refractivity contribution in [2.45, 2.75) is 122 Å². The average molecular weight is 537 g/mol. The molecule has 0 radical (unpaired) electrons. The van der Waals surface area contributed by atoms with Gasteiger partial charge in [0.2, 0.25) is 0 Å². The lowest BCUT2D eigenvalue weighted by Gasteiger charge is -2.61. The first kappa shape index (κ1) is 27.3. The van der Waals surface area contributed by atoms with E-state index in [1.165, 1.54) is 30.9 Å². The minimum Gasteiger partial charge on any atom is -0.431 e. The Kier molecular flexibility index (Phi) is 7.33. The van der Waals surface area contributed by atoms with E-state index >= 15 is 0 Å². The summed E-state index contributed by atoms with van der Waals surface area (Å²) in [6.07, 6.45) is 18.1. The molecule has 0 amide bonds. The Morgan fingerprint density at radius 3 is 2.64 bits per heavy atom. The number of oxime groups is 1. The van der Waals surface area contributed by atoms with Crippen LogP contribution < -0.4 is 5.63 Å². The maximum absolute atomic E-state index is 12.5. The SMILES string of the molecule is CCCC(O/N=C1/C=C2CC[C@@H]3[C@H](CC[C@]4(C)[C@@H](c5ccc(=O)oc5)CC[C@]34O)[C@@]2(C)CC1)N1CCCCC1. The van der Waals surface area contributed by atoms with Crippen molar-refractivity contribution in [3.8, 4) is 0 Å². The summed E-state index contributed by atoms with van der Waals surface area (Å²) in [7, 11) is 0. The second kappa shape index (κ2) is 10.5. The quantitative estimate of drug-likeness (QED) is 0.405. The summed E-state index contributed by atoms with van der Waals surface area (Å²) in [5.74, 6) is 1.03. The summed E-state index contributed by atoms with van der Waals surface area (Å²) >= 11 is 0. The van der Waals surface area contributed by atoms with Crippen LogP contribution in [0.25, 0.3) is 0 Å². The van der Waals surface area contributed by atoms with Gasteiger partial charge in [-0.1, -0.05) is 44.3 Å². The average Bonchev–Trinajstić information content (AvgIpc) is 3.23. The fourth-order valence-corrected chi connectivity index (χ4v) is 9.60. The molecule has 1 unspecified atom stereocenters. The number of rotatable bonds is 6. The van der Waals surface area contributed by atoms with E-state index in [1.54, 1.807) is 6.26 Å². The van der Waals surface area contributed by atoms with Gasteiger partial charge in [0, 0.05) is 31.0 Å². The third-order valence-corrected chi connectivity index (χ3v) is 11.9. The summed E-state index contributed by atoms with van der Waals surface area (Å²) in [6.45, 7) is 9.24. The van der Waals surface area contributed by atoms with Crippen LogP contribution in [-0.4, -0.2) is 40.6 Å². The van der Waals surface area contributed by atoms with Crippen LogP contribution in [-0.2, 0) is 4.84 Å². The van der Waals surface area contributed by atoms with E-state index in [-0.39, 0.29) is 28.6 Å². The summed E-state index contributed by atoms with van der Waals surface area (Å²) in [4.78, 5) is 20.3. The van der Waals surface area contributed by atoms with Crippen LogP contribution in [0.15, 0.2) is 44.4 Å². The molecular formula is C33H48N2O4.